The zero-order chi connectivity index (χ0) is 11.9. The Kier molecular flexibility index (Phi) is 7.28. The van der Waals surface area contributed by atoms with Crippen molar-refractivity contribution in [3.8, 4) is 0 Å². The minimum Gasteiger partial charge on any atom is -0.277 e. The van der Waals surface area contributed by atoms with Crippen LogP contribution in [0.1, 0.15) is 20.3 Å². The van der Waals surface area contributed by atoms with Crippen molar-refractivity contribution in [2.45, 2.75) is 25.5 Å². The van der Waals surface area contributed by atoms with Gasteiger partial charge in [0.1, 0.15) is 0 Å². The fourth-order valence-corrected chi connectivity index (χ4v) is 5.28. The third kappa shape index (κ3) is 5.57. The topological polar surface area (TPSA) is 46.3 Å². The molecule has 0 saturated heterocycles. The van der Waals surface area contributed by atoms with E-state index >= 15 is 0 Å². The molecule has 0 aromatic rings. The number of nitrogens with two attached hydrogens (primary N) is 1. The van der Waals surface area contributed by atoms with Crippen LogP contribution in [0.5, 0.6) is 0 Å². The zero-order valence-corrected chi connectivity index (χ0v) is 11.3. The van der Waals surface area contributed by atoms with Crippen LogP contribution < -0.4 is 5.50 Å². The highest BCUT2D eigenvalue weighted by Crippen LogP contribution is 2.56. The molecule has 2 unspecified atom stereocenters. The summed E-state index contributed by atoms with van der Waals surface area (Å²) in [6.45, 7) is 9.62. The van der Waals surface area contributed by atoms with E-state index in [-0.39, 0.29) is 0 Å². The van der Waals surface area contributed by atoms with Gasteiger partial charge in [-0.3, -0.25) is 10.1 Å². The van der Waals surface area contributed by atoms with Gasteiger partial charge in [-0.2, -0.15) is 0 Å². The molecule has 0 aliphatic rings. The molecule has 0 radical (unpaired) electrons. The Bertz CT molecular complexity index is 248. The molecule has 88 valence electrons. The Hall–Kier alpha value is -0.0200. The molecule has 0 aromatic heterocycles. The fraction of sp³-hybridized carbons (Fsp3) is 0.600. The first-order valence-corrected chi connectivity index (χ1v) is 8.23. The van der Waals surface area contributed by atoms with Crippen LogP contribution in [-0.2, 0) is 4.57 Å². The maximum absolute atomic E-state index is 12.2. The summed E-state index contributed by atoms with van der Waals surface area (Å²) < 4.78 is 14.0. The lowest BCUT2D eigenvalue weighted by atomic mass is 10.4. The molecule has 0 rings (SSSR count). The quantitative estimate of drug-likeness (QED) is 0.529. The van der Waals surface area contributed by atoms with Crippen molar-refractivity contribution in [2.24, 2.45) is 5.50 Å². The molecular weight excluding hydrogens is 227 g/mol. The van der Waals surface area contributed by atoms with Crippen LogP contribution in [0.3, 0.4) is 0 Å². The second kappa shape index (κ2) is 7.29. The van der Waals surface area contributed by atoms with Gasteiger partial charge < -0.3 is 0 Å². The maximum Gasteiger partial charge on any atom is 0.267 e. The van der Waals surface area contributed by atoms with Crippen LogP contribution in [0.15, 0.2) is 25.3 Å². The van der Waals surface area contributed by atoms with E-state index in [4.69, 9.17) is 5.50 Å². The normalized spacial score (nSPS) is 17.1. The smallest absolute Gasteiger partial charge is 0.267 e. The average Bonchev–Trinajstić information content (AvgIpc) is 2.16. The third-order valence-corrected chi connectivity index (χ3v) is 6.77. The van der Waals surface area contributed by atoms with E-state index in [1.807, 2.05) is 6.92 Å². The fourth-order valence-electron chi connectivity index (χ4n) is 0.999. The molecule has 0 heterocycles. The van der Waals surface area contributed by atoms with Gasteiger partial charge in [0.25, 0.3) is 6.65 Å². The lowest BCUT2D eigenvalue weighted by Gasteiger charge is -2.27. The molecule has 0 spiro atoms. The molecule has 2 atom stereocenters. The Balaban J connectivity index is 4.53. The molecule has 5 heteroatoms. The van der Waals surface area contributed by atoms with Gasteiger partial charge in [0.15, 0.2) is 0 Å². The van der Waals surface area contributed by atoms with Gasteiger partial charge in [0.05, 0.1) is 0 Å². The minimum absolute atomic E-state index is 0.304. The Morgan fingerprint density at radius 1 is 1.47 bits per heavy atom. The first-order valence-electron chi connectivity index (χ1n) is 5.02. The van der Waals surface area contributed by atoms with E-state index in [1.54, 1.807) is 16.8 Å². The van der Waals surface area contributed by atoms with Crippen molar-refractivity contribution in [1.82, 2.24) is 4.67 Å². The molecule has 0 fully saturated rings. The van der Waals surface area contributed by atoms with Crippen molar-refractivity contribution < 1.29 is 4.57 Å². The standard InChI is InChI=1S/C10H21N2OPS/c1-5-8-12(9-6-2)14(11,13)15-10(4)7-3/h5-6,10H,1-2,7-9H2,3-4H3,(H2,11,13). The SMILES string of the molecule is C=CCN(CC=C)P(N)(=O)SC(C)CC. The Morgan fingerprint density at radius 2 is 1.93 bits per heavy atom. The van der Waals surface area contributed by atoms with Gasteiger partial charge in [0, 0.05) is 18.3 Å². The van der Waals surface area contributed by atoms with Crippen molar-refractivity contribution in [1.29, 1.82) is 0 Å². The zero-order valence-electron chi connectivity index (χ0n) is 9.56. The van der Waals surface area contributed by atoms with Crippen LogP contribution in [0.25, 0.3) is 0 Å². The number of rotatable bonds is 8. The molecular formula is C10H21N2OPS. The summed E-state index contributed by atoms with van der Waals surface area (Å²) >= 11 is 1.35. The summed E-state index contributed by atoms with van der Waals surface area (Å²) in [7, 11) is 0. The first kappa shape index (κ1) is 15.0. The molecule has 0 saturated carbocycles. The van der Waals surface area contributed by atoms with E-state index in [1.165, 1.54) is 11.4 Å². The molecule has 0 amide bonds. The molecule has 0 aromatic carbocycles. The Labute approximate surface area is 97.0 Å². The highest BCUT2D eigenvalue weighted by Gasteiger charge is 2.26. The van der Waals surface area contributed by atoms with Crippen LogP contribution >= 0.6 is 18.0 Å². The molecule has 3 nitrogen and oxygen atoms in total. The van der Waals surface area contributed by atoms with Gasteiger partial charge in [-0.05, 0) is 6.42 Å². The predicted octanol–water partition coefficient (Wildman–Crippen LogP) is 3.26. The monoisotopic (exact) mass is 248 g/mol. The second-order valence-corrected chi connectivity index (χ2v) is 8.25. The summed E-state index contributed by atoms with van der Waals surface area (Å²) in [6, 6.07) is 0. The lowest BCUT2D eigenvalue weighted by Crippen LogP contribution is -2.24. The van der Waals surface area contributed by atoms with Gasteiger partial charge in [-0.1, -0.05) is 37.4 Å². The van der Waals surface area contributed by atoms with E-state index in [9.17, 15) is 4.57 Å². The van der Waals surface area contributed by atoms with E-state index < -0.39 is 6.65 Å². The van der Waals surface area contributed by atoms with Crippen LogP contribution in [-0.4, -0.2) is 23.0 Å². The predicted molar refractivity (Wildman–Crippen MR) is 71.1 cm³/mol. The molecule has 0 aliphatic carbocycles. The number of hydrogen-bond donors (Lipinski definition) is 1. The van der Waals surface area contributed by atoms with Gasteiger partial charge >= 0.3 is 0 Å². The summed E-state index contributed by atoms with van der Waals surface area (Å²) in [5.74, 6) is 0. The average molecular weight is 248 g/mol. The molecule has 0 aliphatic heterocycles. The van der Waals surface area contributed by atoms with Crippen molar-refractivity contribution in [3.63, 3.8) is 0 Å². The molecule has 2 N–H and O–H groups in total. The Morgan fingerprint density at radius 3 is 2.27 bits per heavy atom. The van der Waals surface area contributed by atoms with Crippen LogP contribution in [0.2, 0.25) is 0 Å². The summed E-state index contributed by atoms with van der Waals surface area (Å²) in [5, 5.41) is 0.304. The van der Waals surface area contributed by atoms with Gasteiger partial charge in [-0.15, -0.1) is 13.2 Å². The second-order valence-electron chi connectivity index (χ2n) is 3.34. The maximum atomic E-state index is 12.2. The number of nitrogens with zero attached hydrogens (tertiary/aromatic N) is 1. The summed E-state index contributed by atoms with van der Waals surface area (Å²) in [6.07, 6.45) is 4.38. The van der Waals surface area contributed by atoms with Crippen molar-refractivity contribution in [3.05, 3.63) is 25.3 Å². The minimum atomic E-state index is -2.80. The largest absolute Gasteiger partial charge is 0.277 e. The van der Waals surface area contributed by atoms with Crippen molar-refractivity contribution in [2.75, 3.05) is 13.1 Å². The van der Waals surface area contributed by atoms with Crippen LogP contribution in [0, 0.1) is 0 Å². The highest BCUT2D eigenvalue weighted by atomic mass is 32.7. The lowest BCUT2D eigenvalue weighted by molar-refractivity contribution is 0.487. The van der Waals surface area contributed by atoms with Crippen LogP contribution in [0.4, 0.5) is 0 Å². The molecule has 0 bridgehead atoms. The molecule has 15 heavy (non-hydrogen) atoms. The van der Waals surface area contributed by atoms with E-state index in [2.05, 4.69) is 20.1 Å². The first-order chi connectivity index (χ1) is 6.97. The van der Waals surface area contributed by atoms with E-state index in [0.29, 0.717) is 18.3 Å². The van der Waals surface area contributed by atoms with Crippen molar-refractivity contribution >= 4 is 18.0 Å². The summed E-state index contributed by atoms with van der Waals surface area (Å²) in [5.41, 5.74) is 5.86. The van der Waals surface area contributed by atoms with Gasteiger partial charge in [0.2, 0.25) is 0 Å². The summed E-state index contributed by atoms with van der Waals surface area (Å²) in [4.78, 5) is 0. The number of hydrogen-bond acceptors (Lipinski definition) is 2. The van der Waals surface area contributed by atoms with Gasteiger partial charge in [-0.25, -0.2) is 4.67 Å². The highest BCUT2D eigenvalue weighted by molar-refractivity contribution is 8.56. The third-order valence-electron chi connectivity index (χ3n) is 1.98. The van der Waals surface area contributed by atoms with E-state index in [0.717, 1.165) is 6.42 Å².